The molecule has 2 atom stereocenters. The number of hydrogen-bond donors (Lipinski definition) is 0. The number of unbranched alkanes of at least 4 members (excludes halogenated alkanes) is 7. The second-order valence-corrected chi connectivity index (χ2v) is 9.97. The molecule has 26 heavy (non-hydrogen) atoms. The summed E-state index contributed by atoms with van der Waals surface area (Å²) in [6.45, 7) is 4.65. The molecule has 0 aliphatic rings. The molecule has 0 heterocycles. The van der Waals surface area contributed by atoms with Crippen LogP contribution < -0.4 is 0 Å². The summed E-state index contributed by atoms with van der Waals surface area (Å²) in [6.07, 6.45) is 20.9. The third kappa shape index (κ3) is 15.2. The summed E-state index contributed by atoms with van der Waals surface area (Å²) in [7, 11) is 1.47. The van der Waals surface area contributed by atoms with E-state index in [1.807, 2.05) is 11.8 Å². The molecule has 0 rings (SSSR count). The van der Waals surface area contributed by atoms with E-state index in [-0.39, 0.29) is 5.97 Å². The molecule has 0 spiro atoms. The van der Waals surface area contributed by atoms with E-state index in [0.717, 1.165) is 29.3 Å². The Kier molecular flexibility index (Phi) is 18.7. The Morgan fingerprint density at radius 1 is 0.731 bits per heavy atom. The number of thioether (sulfide) groups is 2. The van der Waals surface area contributed by atoms with Gasteiger partial charge in [0, 0.05) is 16.9 Å². The van der Waals surface area contributed by atoms with Crippen molar-refractivity contribution in [1.29, 1.82) is 0 Å². The standard InChI is InChI=1S/C22H44O2S2/c1-19(2)15-11-8-6-7-9-12-16-20(25-4)21(26-5)17-13-10-14-18-22(23)24-3/h19-21H,6-18H2,1-5H3. The molecule has 0 saturated carbocycles. The van der Waals surface area contributed by atoms with E-state index < -0.39 is 0 Å². The van der Waals surface area contributed by atoms with Crippen molar-refractivity contribution < 1.29 is 9.53 Å². The minimum absolute atomic E-state index is 0.0717. The first-order chi connectivity index (χ1) is 12.5. The van der Waals surface area contributed by atoms with Gasteiger partial charge in [0.2, 0.25) is 0 Å². The lowest BCUT2D eigenvalue weighted by Gasteiger charge is -2.24. The second kappa shape index (κ2) is 18.5. The quantitative estimate of drug-likeness (QED) is 0.176. The summed E-state index contributed by atoms with van der Waals surface area (Å²) in [4.78, 5) is 11.1. The van der Waals surface area contributed by atoms with Crippen LogP contribution in [0.3, 0.4) is 0 Å². The Balaban J connectivity index is 3.77. The lowest BCUT2D eigenvalue weighted by Crippen LogP contribution is -2.19. The number of carbonyl (C=O) groups is 1. The van der Waals surface area contributed by atoms with Crippen molar-refractivity contribution in [2.75, 3.05) is 19.6 Å². The largest absolute Gasteiger partial charge is 0.469 e. The molecule has 0 bridgehead atoms. The molecule has 0 aromatic heterocycles. The summed E-state index contributed by atoms with van der Waals surface area (Å²) in [6, 6.07) is 0. The number of esters is 1. The zero-order valence-electron chi connectivity index (χ0n) is 18.1. The average Bonchev–Trinajstić information content (AvgIpc) is 2.63. The summed E-state index contributed by atoms with van der Waals surface area (Å²) in [5.74, 6) is 0.791. The van der Waals surface area contributed by atoms with Crippen LogP contribution in [0.4, 0.5) is 0 Å². The van der Waals surface area contributed by atoms with Gasteiger partial charge in [0.25, 0.3) is 0 Å². The normalized spacial score (nSPS) is 13.8. The molecule has 0 aliphatic carbocycles. The first-order valence-electron chi connectivity index (χ1n) is 10.7. The smallest absolute Gasteiger partial charge is 0.305 e. The monoisotopic (exact) mass is 404 g/mol. The van der Waals surface area contributed by atoms with Gasteiger partial charge in [0.05, 0.1) is 7.11 Å². The van der Waals surface area contributed by atoms with Crippen molar-refractivity contribution in [3.8, 4) is 0 Å². The van der Waals surface area contributed by atoms with E-state index in [1.165, 1.54) is 71.3 Å². The van der Waals surface area contributed by atoms with Gasteiger partial charge in [-0.05, 0) is 37.7 Å². The molecule has 0 aliphatic heterocycles. The van der Waals surface area contributed by atoms with Crippen LogP contribution >= 0.6 is 23.5 Å². The molecule has 0 N–H and O–H groups in total. The molecule has 156 valence electrons. The Hall–Kier alpha value is 0.170. The Morgan fingerprint density at radius 2 is 1.15 bits per heavy atom. The van der Waals surface area contributed by atoms with Crippen LogP contribution in [0.15, 0.2) is 0 Å². The third-order valence-electron chi connectivity index (χ3n) is 5.14. The molecule has 2 nitrogen and oxygen atoms in total. The average molecular weight is 405 g/mol. The van der Waals surface area contributed by atoms with Crippen molar-refractivity contribution in [2.45, 2.75) is 108 Å². The van der Waals surface area contributed by atoms with Crippen molar-refractivity contribution in [2.24, 2.45) is 5.92 Å². The van der Waals surface area contributed by atoms with Crippen molar-refractivity contribution >= 4 is 29.5 Å². The number of rotatable bonds is 18. The minimum atomic E-state index is -0.0717. The van der Waals surface area contributed by atoms with Crippen molar-refractivity contribution in [3.63, 3.8) is 0 Å². The first-order valence-corrected chi connectivity index (χ1v) is 13.2. The highest BCUT2D eigenvalue weighted by Crippen LogP contribution is 2.30. The predicted molar refractivity (Wildman–Crippen MR) is 121 cm³/mol. The molecule has 0 saturated heterocycles. The van der Waals surface area contributed by atoms with Gasteiger partial charge < -0.3 is 4.74 Å². The summed E-state index contributed by atoms with van der Waals surface area (Å²) in [5, 5.41) is 1.54. The van der Waals surface area contributed by atoms with Crippen LogP contribution in [0.1, 0.15) is 97.3 Å². The maximum Gasteiger partial charge on any atom is 0.305 e. The van der Waals surface area contributed by atoms with E-state index >= 15 is 0 Å². The van der Waals surface area contributed by atoms with E-state index in [9.17, 15) is 4.79 Å². The van der Waals surface area contributed by atoms with Crippen LogP contribution in [-0.2, 0) is 9.53 Å². The van der Waals surface area contributed by atoms with Gasteiger partial charge in [-0.3, -0.25) is 4.79 Å². The van der Waals surface area contributed by atoms with Gasteiger partial charge in [-0.25, -0.2) is 0 Å². The van der Waals surface area contributed by atoms with Crippen LogP contribution in [0, 0.1) is 5.92 Å². The Labute approximate surface area is 172 Å². The summed E-state index contributed by atoms with van der Waals surface area (Å²) < 4.78 is 4.70. The van der Waals surface area contributed by atoms with Gasteiger partial charge in [0.1, 0.15) is 0 Å². The van der Waals surface area contributed by atoms with E-state index in [2.05, 4.69) is 38.1 Å². The first kappa shape index (κ1) is 26.2. The Bertz CT molecular complexity index is 321. The molecule has 0 aromatic rings. The van der Waals surface area contributed by atoms with E-state index in [4.69, 9.17) is 4.74 Å². The Morgan fingerprint density at radius 3 is 1.58 bits per heavy atom. The molecule has 4 heteroatoms. The molecule has 0 aromatic carbocycles. The van der Waals surface area contributed by atoms with Crippen molar-refractivity contribution in [3.05, 3.63) is 0 Å². The second-order valence-electron chi connectivity index (χ2n) is 7.82. The number of methoxy groups -OCH3 is 1. The number of carbonyl (C=O) groups excluding carboxylic acids is 1. The van der Waals surface area contributed by atoms with Gasteiger partial charge in [-0.2, -0.15) is 23.5 Å². The van der Waals surface area contributed by atoms with Gasteiger partial charge in [-0.1, -0.05) is 71.6 Å². The number of ether oxygens (including phenoxy) is 1. The fraction of sp³-hybridized carbons (Fsp3) is 0.955. The highest BCUT2D eigenvalue weighted by Gasteiger charge is 2.19. The van der Waals surface area contributed by atoms with Crippen LogP contribution in [0.25, 0.3) is 0 Å². The van der Waals surface area contributed by atoms with Crippen LogP contribution in [-0.4, -0.2) is 36.1 Å². The van der Waals surface area contributed by atoms with Crippen LogP contribution in [0.5, 0.6) is 0 Å². The zero-order valence-corrected chi connectivity index (χ0v) is 19.7. The van der Waals surface area contributed by atoms with Gasteiger partial charge in [0.15, 0.2) is 0 Å². The van der Waals surface area contributed by atoms with Crippen molar-refractivity contribution in [1.82, 2.24) is 0 Å². The maximum atomic E-state index is 11.1. The third-order valence-corrected chi connectivity index (χ3v) is 7.65. The SMILES string of the molecule is COC(=O)CCCCCC(SC)C(CCCCCCCCC(C)C)SC. The summed E-state index contributed by atoms with van der Waals surface area (Å²) in [5.41, 5.74) is 0. The number of hydrogen-bond acceptors (Lipinski definition) is 4. The van der Waals surface area contributed by atoms with Gasteiger partial charge >= 0.3 is 5.97 Å². The molecule has 0 fully saturated rings. The van der Waals surface area contributed by atoms with E-state index in [1.54, 1.807) is 0 Å². The van der Waals surface area contributed by atoms with E-state index in [0.29, 0.717) is 6.42 Å². The van der Waals surface area contributed by atoms with Crippen LogP contribution in [0.2, 0.25) is 0 Å². The lowest BCUT2D eigenvalue weighted by atomic mass is 10.0. The molecular weight excluding hydrogens is 360 g/mol. The highest BCUT2D eigenvalue weighted by atomic mass is 32.2. The fourth-order valence-corrected chi connectivity index (χ4v) is 5.76. The predicted octanol–water partition coefficient (Wildman–Crippen LogP) is 7.35. The van der Waals surface area contributed by atoms with Gasteiger partial charge in [-0.15, -0.1) is 0 Å². The topological polar surface area (TPSA) is 26.3 Å². The highest BCUT2D eigenvalue weighted by molar-refractivity contribution is 8.03. The fourth-order valence-electron chi connectivity index (χ4n) is 3.41. The molecule has 0 radical (unpaired) electrons. The minimum Gasteiger partial charge on any atom is -0.469 e. The maximum absolute atomic E-state index is 11.1. The summed E-state index contributed by atoms with van der Waals surface area (Å²) >= 11 is 4.09. The molecule has 2 unspecified atom stereocenters. The molecule has 0 amide bonds. The molecular formula is C22H44O2S2. The zero-order chi connectivity index (χ0) is 19.6. The lowest BCUT2D eigenvalue weighted by molar-refractivity contribution is -0.140.